The summed E-state index contributed by atoms with van der Waals surface area (Å²) in [6.07, 6.45) is 0. The molecule has 0 saturated heterocycles. The number of nitrogens with zero attached hydrogens (tertiary/aromatic N) is 2. The van der Waals surface area contributed by atoms with Crippen LogP contribution in [-0.4, -0.2) is 31.1 Å². The number of halogens is 1. The van der Waals surface area contributed by atoms with Gasteiger partial charge in [-0.05, 0) is 32.0 Å². The Morgan fingerprint density at radius 3 is 2.83 bits per heavy atom. The molecule has 0 aliphatic rings. The second-order valence-electron chi connectivity index (χ2n) is 4.91. The summed E-state index contributed by atoms with van der Waals surface area (Å²) in [6, 6.07) is 7.36. The quantitative estimate of drug-likeness (QED) is 0.476. The number of rotatable bonds is 6. The molecule has 2 rings (SSSR count). The molecular weight excluding hydrogens is 332 g/mol. The summed E-state index contributed by atoms with van der Waals surface area (Å²) >= 11 is 7.61. The first-order valence-electron chi connectivity index (χ1n) is 7.34. The van der Waals surface area contributed by atoms with Gasteiger partial charge in [0.05, 0.1) is 18.8 Å². The normalized spacial score (nSPS) is 11.4. The average Bonchev–Trinajstić information content (AvgIpc) is 2.85. The van der Waals surface area contributed by atoms with Crippen molar-refractivity contribution in [1.82, 2.24) is 15.6 Å². The van der Waals surface area contributed by atoms with Crippen LogP contribution in [0.3, 0.4) is 0 Å². The van der Waals surface area contributed by atoms with Gasteiger partial charge < -0.3 is 15.4 Å². The minimum Gasteiger partial charge on any atom is -0.492 e. The molecule has 124 valence electrons. The van der Waals surface area contributed by atoms with E-state index in [-0.39, 0.29) is 0 Å². The van der Waals surface area contributed by atoms with Crippen LogP contribution < -0.4 is 15.4 Å². The molecule has 0 radical (unpaired) electrons. The van der Waals surface area contributed by atoms with Gasteiger partial charge in [0.25, 0.3) is 0 Å². The van der Waals surface area contributed by atoms with E-state index >= 15 is 0 Å². The summed E-state index contributed by atoms with van der Waals surface area (Å²) in [7, 11) is 1.74. The van der Waals surface area contributed by atoms with Gasteiger partial charge in [-0.15, -0.1) is 11.3 Å². The Bertz CT molecular complexity index is 652. The highest BCUT2D eigenvalue weighted by atomic mass is 35.5. The maximum Gasteiger partial charge on any atom is 0.191 e. The van der Waals surface area contributed by atoms with Gasteiger partial charge in [-0.2, -0.15) is 0 Å². The number of aromatic nitrogens is 1. The number of hydrogen-bond acceptors (Lipinski definition) is 4. The largest absolute Gasteiger partial charge is 0.492 e. The van der Waals surface area contributed by atoms with Gasteiger partial charge >= 0.3 is 0 Å². The SMILES string of the molecule is CN=C(NCCOc1cccc(Cl)c1)NCc1nc(C)c(C)s1. The third kappa shape index (κ3) is 5.73. The van der Waals surface area contributed by atoms with Crippen molar-refractivity contribution in [2.45, 2.75) is 20.4 Å². The van der Waals surface area contributed by atoms with E-state index < -0.39 is 0 Å². The van der Waals surface area contributed by atoms with Gasteiger partial charge in [0, 0.05) is 16.9 Å². The number of nitrogens with one attached hydrogen (secondary N) is 2. The lowest BCUT2D eigenvalue weighted by Crippen LogP contribution is -2.38. The van der Waals surface area contributed by atoms with E-state index in [9.17, 15) is 0 Å². The highest BCUT2D eigenvalue weighted by Crippen LogP contribution is 2.17. The number of hydrogen-bond donors (Lipinski definition) is 2. The molecule has 7 heteroatoms. The van der Waals surface area contributed by atoms with E-state index in [0.717, 1.165) is 22.4 Å². The van der Waals surface area contributed by atoms with Crippen molar-refractivity contribution < 1.29 is 4.74 Å². The van der Waals surface area contributed by atoms with Crippen LogP contribution in [-0.2, 0) is 6.54 Å². The van der Waals surface area contributed by atoms with Crippen LogP contribution in [0.15, 0.2) is 29.3 Å². The number of aliphatic imine (C=N–C) groups is 1. The molecule has 0 atom stereocenters. The van der Waals surface area contributed by atoms with Crippen molar-refractivity contribution in [2.24, 2.45) is 4.99 Å². The Morgan fingerprint density at radius 1 is 1.35 bits per heavy atom. The second kappa shape index (κ2) is 8.74. The molecule has 1 aromatic carbocycles. The predicted octanol–water partition coefficient (Wildman–Crippen LogP) is 3.16. The van der Waals surface area contributed by atoms with Crippen LogP contribution in [0.4, 0.5) is 0 Å². The summed E-state index contributed by atoms with van der Waals surface area (Å²) in [4.78, 5) is 9.93. The Kier molecular flexibility index (Phi) is 6.67. The fourth-order valence-corrected chi connectivity index (χ4v) is 2.94. The van der Waals surface area contributed by atoms with Crippen molar-refractivity contribution in [2.75, 3.05) is 20.2 Å². The van der Waals surface area contributed by atoms with E-state index in [4.69, 9.17) is 16.3 Å². The Balaban J connectivity index is 1.70. The van der Waals surface area contributed by atoms with Crippen LogP contribution in [0.5, 0.6) is 5.75 Å². The van der Waals surface area contributed by atoms with Crippen LogP contribution in [0.25, 0.3) is 0 Å². The molecule has 23 heavy (non-hydrogen) atoms. The van der Waals surface area contributed by atoms with Crippen molar-refractivity contribution in [3.8, 4) is 5.75 Å². The lowest BCUT2D eigenvalue weighted by Gasteiger charge is -2.11. The number of benzene rings is 1. The third-order valence-corrected chi connectivity index (χ3v) is 4.47. The topological polar surface area (TPSA) is 58.5 Å². The van der Waals surface area contributed by atoms with Crippen LogP contribution in [0.1, 0.15) is 15.6 Å². The molecule has 0 amide bonds. The van der Waals surface area contributed by atoms with Crippen molar-refractivity contribution in [3.05, 3.63) is 44.9 Å². The first-order chi connectivity index (χ1) is 11.1. The molecule has 1 aromatic heterocycles. The van der Waals surface area contributed by atoms with Crippen LogP contribution in [0, 0.1) is 13.8 Å². The van der Waals surface area contributed by atoms with Crippen molar-refractivity contribution in [1.29, 1.82) is 0 Å². The predicted molar refractivity (Wildman–Crippen MR) is 96.7 cm³/mol. The van der Waals surface area contributed by atoms with Gasteiger partial charge in [-0.1, -0.05) is 17.7 Å². The summed E-state index contributed by atoms with van der Waals surface area (Å²) < 4.78 is 5.62. The zero-order chi connectivity index (χ0) is 16.7. The molecule has 0 spiro atoms. The Hall–Kier alpha value is -1.79. The standard InChI is InChI=1S/C16H21ClN4OS/c1-11-12(2)23-15(21-11)10-20-16(18-3)19-7-8-22-14-6-4-5-13(17)9-14/h4-6,9H,7-8,10H2,1-3H3,(H2,18,19,20). The van der Waals surface area contributed by atoms with Crippen molar-refractivity contribution in [3.63, 3.8) is 0 Å². The molecule has 1 heterocycles. The second-order valence-corrected chi connectivity index (χ2v) is 6.63. The molecule has 0 bridgehead atoms. The summed E-state index contributed by atoms with van der Waals surface area (Å²) in [5, 5.41) is 8.17. The number of ether oxygens (including phenoxy) is 1. The van der Waals surface area contributed by atoms with Crippen LogP contribution >= 0.6 is 22.9 Å². The van der Waals surface area contributed by atoms with E-state index in [2.05, 4.69) is 27.5 Å². The lowest BCUT2D eigenvalue weighted by molar-refractivity contribution is 0.322. The zero-order valence-corrected chi connectivity index (χ0v) is 15.1. The maximum atomic E-state index is 5.91. The molecule has 0 aliphatic carbocycles. The van der Waals surface area contributed by atoms with E-state index in [1.807, 2.05) is 25.1 Å². The van der Waals surface area contributed by atoms with Crippen LogP contribution in [0.2, 0.25) is 5.02 Å². The lowest BCUT2D eigenvalue weighted by atomic mass is 10.3. The molecule has 2 aromatic rings. The maximum absolute atomic E-state index is 5.91. The van der Waals surface area contributed by atoms with Gasteiger partial charge in [-0.3, -0.25) is 4.99 Å². The highest BCUT2D eigenvalue weighted by Gasteiger charge is 2.04. The van der Waals surface area contributed by atoms with Gasteiger partial charge in [0.1, 0.15) is 17.4 Å². The fourth-order valence-electron chi connectivity index (χ4n) is 1.89. The molecule has 0 aliphatic heterocycles. The zero-order valence-electron chi connectivity index (χ0n) is 13.5. The van der Waals surface area contributed by atoms with Gasteiger partial charge in [0.2, 0.25) is 0 Å². The van der Waals surface area contributed by atoms with Gasteiger partial charge in [-0.25, -0.2) is 4.98 Å². The van der Waals surface area contributed by atoms with Crippen molar-refractivity contribution >= 4 is 28.9 Å². The number of aryl methyl sites for hydroxylation is 2. The van der Waals surface area contributed by atoms with E-state index in [0.29, 0.717) is 24.7 Å². The van der Waals surface area contributed by atoms with E-state index in [1.165, 1.54) is 4.88 Å². The Morgan fingerprint density at radius 2 is 2.17 bits per heavy atom. The summed E-state index contributed by atoms with van der Waals surface area (Å²) in [6.45, 7) is 5.93. The number of guanidine groups is 1. The molecule has 0 fully saturated rings. The Labute approximate surface area is 145 Å². The monoisotopic (exact) mass is 352 g/mol. The fraction of sp³-hybridized carbons (Fsp3) is 0.375. The minimum atomic E-state index is 0.524. The first kappa shape index (κ1) is 17.6. The third-order valence-electron chi connectivity index (χ3n) is 3.16. The number of thiazole rings is 1. The minimum absolute atomic E-state index is 0.524. The summed E-state index contributed by atoms with van der Waals surface area (Å²) in [5.74, 6) is 1.49. The molecule has 0 unspecified atom stereocenters. The smallest absolute Gasteiger partial charge is 0.191 e. The molecular formula is C16H21ClN4OS. The summed E-state index contributed by atoms with van der Waals surface area (Å²) in [5.41, 5.74) is 1.09. The molecule has 5 nitrogen and oxygen atoms in total. The average molecular weight is 353 g/mol. The van der Waals surface area contributed by atoms with E-state index in [1.54, 1.807) is 24.5 Å². The molecule has 0 saturated carbocycles. The first-order valence-corrected chi connectivity index (χ1v) is 8.53. The van der Waals surface area contributed by atoms with Gasteiger partial charge in [0.15, 0.2) is 5.96 Å². The highest BCUT2D eigenvalue weighted by molar-refractivity contribution is 7.11. The molecule has 2 N–H and O–H groups in total.